The number of nitrogens with one attached hydrogen (secondary N) is 1. The smallest absolute Gasteiger partial charge is 0.252 e. The lowest BCUT2D eigenvalue weighted by molar-refractivity contribution is -0.135. The van der Waals surface area contributed by atoms with Crippen LogP contribution in [0.2, 0.25) is 0 Å². The van der Waals surface area contributed by atoms with Gasteiger partial charge in [-0.1, -0.05) is 13.8 Å². The van der Waals surface area contributed by atoms with E-state index in [-0.39, 0.29) is 37.2 Å². The van der Waals surface area contributed by atoms with Gasteiger partial charge in [0.25, 0.3) is 5.91 Å². The molecule has 2 N–H and O–H groups in total. The zero-order chi connectivity index (χ0) is 18.7. The molecule has 0 aromatic heterocycles. The molecule has 0 spiro atoms. The Morgan fingerprint density at radius 3 is 2.81 bits per heavy atom. The van der Waals surface area contributed by atoms with E-state index in [0.717, 1.165) is 12.8 Å². The van der Waals surface area contributed by atoms with Gasteiger partial charge in [0.2, 0.25) is 12.7 Å². The molecule has 2 atom stereocenters. The Balaban J connectivity index is 1.73. The van der Waals surface area contributed by atoms with Gasteiger partial charge in [-0.15, -0.1) is 0 Å². The minimum absolute atomic E-state index is 0.0454. The van der Waals surface area contributed by atoms with Crippen molar-refractivity contribution in [2.24, 2.45) is 5.92 Å². The third-order valence-electron chi connectivity index (χ3n) is 4.82. The molecule has 2 amide bonds. The number of fused-ring (bicyclic) bond motifs is 1. The van der Waals surface area contributed by atoms with Gasteiger partial charge in [0.15, 0.2) is 11.5 Å². The number of aliphatic hydroxyl groups excluding tert-OH is 1. The van der Waals surface area contributed by atoms with Gasteiger partial charge in [-0.2, -0.15) is 0 Å². The molecule has 7 heteroatoms. The van der Waals surface area contributed by atoms with Gasteiger partial charge in [-0.05, 0) is 43.4 Å². The van der Waals surface area contributed by atoms with Crippen molar-refractivity contribution in [1.29, 1.82) is 0 Å². The topological polar surface area (TPSA) is 88.1 Å². The molecule has 26 heavy (non-hydrogen) atoms. The molecule has 1 fully saturated rings. The number of aliphatic hydroxyl groups is 1. The predicted molar refractivity (Wildman–Crippen MR) is 95.1 cm³/mol. The zero-order valence-corrected chi connectivity index (χ0v) is 15.2. The van der Waals surface area contributed by atoms with Gasteiger partial charge >= 0.3 is 0 Å². The first kappa shape index (κ1) is 18.5. The van der Waals surface area contributed by atoms with Gasteiger partial charge in [-0.3, -0.25) is 9.59 Å². The molecule has 3 rings (SSSR count). The lowest BCUT2D eigenvalue weighted by atomic mass is 10.0. The van der Waals surface area contributed by atoms with E-state index in [1.165, 1.54) is 0 Å². The predicted octanol–water partition coefficient (Wildman–Crippen LogP) is 1.54. The third kappa shape index (κ3) is 3.93. The first-order valence-electron chi connectivity index (χ1n) is 9.11. The number of amides is 2. The number of carbonyl (C=O) groups is 2. The molecule has 1 aromatic rings. The highest BCUT2D eigenvalue weighted by atomic mass is 16.7. The molecule has 2 unspecified atom stereocenters. The number of benzene rings is 1. The molecule has 7 nitrogen and oxygen atoms in total. The Morgan fingerprint density at radius 1 is 1.31 bits per heavy atom. The van der Waals surface area contributed by atoms with Gasteiger partial charge in [0.1, 0.15) is 6.04 Å². The largest absolute Gasteiger partial charge is 0.454 e. The summed E-state index contributed by atoms with van der Waals surface area (Å²) in [6.07, 6.45) is 2.22. The number of rotatable bonds is 6. The molecule has 0 radical (unpaired) electrons. The van der Waals surface area contributed by atoms with E-state index in [0.29, 0.717) is 30.0 Å². The number of nitrogens with zero attached hydrogens (tertiary/aromatic N) is 1. The molecule has 2 aliphatic rings. The van der Waals surface area contributed by atoms with Crippen LogP contribution in [0.5, 0.6) is 11.5 Å². The van der Waals surface area contributed by atoms with Crippen LogP contribution in [0.25, 0.3) is 0 Å². The number of ether oxygens (including phenoxy) is 2. The molecule has 2 heterocycles. The van der Waals surface area contributed by atoms with Crippen molar-refractivity contribution in [3.63, 3.8) is 0 Å². The molecule has 2 aliphatic heterocycles. The minimum Gasteiger partial charge on any atom is -0.454 e. The van der Waals surface area contributed by atoms with E-state index < -0.39 is 6.04 Å². The molecule has 1 saturated heterocycles. The van der Waals surface area contributed by atoms with Crippen LogP contribution in [0.15, 0.2) is 18.2 Å². The Labute approximate surface area is 153 Å². The lowest BCUT2D eigenvalue weighted by Gasteiger charge is -2.29. The molecule has 0 aliphatic carbocycles. The fraction of sp³-hybridized carbons (Fsp3) is 0.579. The SMILES string of the molecule is CC(C)CC(NC(=O)c1ccc2c(c1)OCO2)C(=O)N1CCCC1CO. The first-order chi connectivity index (χ1) is 12.5. The van der Waals surface area contributed by atoms with Gasteiger partial charge in [0.05, 0.1) is 12.6 Å². The van der Waals surface area contributed by atoms with Gasteiger partial charge < -0.3 is 24.8 Å². The minimum atomic E-state index is -0.611. The Hall–Kier alpha value is -2.28. The average molecular weight is 362 g/mol. The molecular formula is C19H26N2O5. The highest BCUT2D eigenvalue weighted by molar-refractivity contribution is 5.98. The summed E-state index contributed by atoms with van der Waals surface area (Å²) in [5.41, 5.74) is 0.427. The monoisotopic (exact) mass is 362 g/mol. The molecule has 1 aromatic carbocycles. The number of carbonyl (C=O) groups excluding carboxylic acids is 2. The van der Waals surface area contributed by atoms with Crippen LogP contribution in [0.4, 0.5) is 0 Å². The highest BCUT2D eigenvalue weighted by Crippen LogP contribution is 2.32. The normalized spacial score (nSPS) is 19.7. The molecule has 142 valence electrons. The van der Waals surface area contributed by atoms with Crippen molar-refractivity contribution in [1.82, 2.24) is 10.2 Å². The summed E-state index contributed by atoms with van der Waals surface area (Å²) >= 11 is 0. The van der Waals surface area contributed by atoms with Crippen molar-refractivity contribution < 1.29 is 24.2 Å². The Kier molecular flexibility index (Phi) is 5.66. The summed E-state index contributed by atoms with van der Waals surface area (Å²) in [7, 11) is 0. The average Bonchev–Trinajstić information content (AvgIpc) is 3.27. The lowest BCUT2D eigenvalue weighted by Crippen LogP contribution is -2.51. The van der Waals surface area contributed by atoms with E-state index in [1.54, 1.807) is 23.1 Å². The van der Waals surface area contributed by atoms with Crippen LogP contribution in [0.3, 0.4) is 0 Å². The Bertz CT molecular complexity index is 676. The molecule has 0 bridgehead atoms. The van der Waals surface area contributed by atoms with Crippen molar-refractivity contribution in [2.45, 2.75) is 45.2 Å². The first-order valence-corrected chi connectivity index (χ1v) is 9.11. The van der Waals surface area contributed by atoms with Crippen LogP contribution in [-0.2, 0) is 4.79 Å². The van der Waals surface area contributed by atoms with Crippen molar-refractivity contribution in [3.05, 3.63) is 23.8 Å². The maximum Gasteiger partial charge on any atom is 0.252 e. The molecule has 0 saturated carbocycles. The quantitative estimate of drug-likeness (QED) is 0.801. The van der Waals surface area contributed by atoms with E-state index in [9.17, 15) is 14.7 Å². The van der Waals surface area contributed by atoms with Crippen LogP contribution in [-0.4, -0.2) is 53.8 Å². The van der Waals surface area contributed by atoms with E-state index in [1.807, 2.05) is 13.8 Å². The summed E-state index contributed by atoms with van der Waals surface area (Å²) in [4.78, 5) is 27.3. The highest BCUT2D eigenvalue weighted by Gasteiger charge is 2.34. The fourth-order valence-corrected chi connectivity index (χ4v) is 3.49. The summed E-state index contributed by atoms with van der Waals surface area (Å²) in [5.74, 6) is 0.950. The second-order valence-electron chi connectivity index (χ2n) is 7.23. The summed E-state index contributed by atoms with van der Waals surface area (Å²) in [6.45, 7) is 4.75. The van der Waals surface area contributed by atoms with E-state index in [4.69, 9.17) is 9.47 Å². The number of hydrogen-bond donors (Lipinski definition) is 2. The van der Waals surface area contributed by atoms with Gasteiger partial charge in [0, 0.05) is 12.1 Å². The second-order valence-corrected chi connectivity index (χ2v) is 7.23. The maximum atomic E-state index is 13.0. The molecular weight excluding hydrogens is 336 g/mol. The third-order valence-corrected chi connectivity index (χ3v) is 4.82. The van der Waals surface area contributed by atoms with Crippen molar-refractivity contribution in [2.75, 3.05) is 19.9 Å². The van der Waals surface area contributed by atoms with E-state index in [2.05, 4.69) is 5.32 Å². The van der Waals surface area contributed by atoms with Crippen LogP contribution >= 0.6 is 0 Å². The van der Waals surface area contributed by atoms with Crippen molar-refractivity contribution >= 4 is 11.8 Å². The summed E-state index contributed by atoms with van der Waals surface area (Å²) in [5, 5.41) is 12.4. The van der Waals surface area contributed by atoms with Crippen molar-refractivity contribution in [3.8, 4) is 11.5 Å². The number of hydrogen-bond acceptors (Lipinski definition) is 5. The van der Waals surface area contributed by atoms with Gasteiger partial charge in [-0.25, -0.2) is 0 Å². The zero-order valence-electron chi connectivity index (χ0n) is 15.2. The summed E-state index contributed by atoms with van der Waals surface area (Å²) < 4.78 is 10.6. The van der Waals surface area contributed by atoms with E-state index >= 15 is 0 Å². The number of likely N-dealkylation sites (tertiary alicyclic amines) is 1. The Morgan fingerprint density at radius 2 is 2.08 bits per heavy atom. The van der Waals surface area contributed by atoms with Crippen LogP contribution < -0.4 is 14.8 Å². The van der Waals surface area contributed by atoms with Crippen LogP contribution in [0.1, 0.15) is 43.5 Å². The standard InChI is InChI=1S/C19H26N2O5/c1-12(2)8-15(19(24)21-7-3-4-14(21)10-22)20-18(23)13-5-6-16-17(9-13)26-11-25-16/h5-6,9,12,14-15,22H,3-4,7-8,10-11H2,1-2H3,(H,20,23). The maximum absolute atomic E-state index is 13.0. The van der Waals surface area contributed by atoms with Crippen LogP contribution in [0, 0.1) is 5.92 Å². The summed E-state index contributed by atoms with van der Waals surface area (Å²) in [6, 6.07) is 4.21. The second kappa shape index (κ2) is 7.95. The fourth-order valence-electron chi connectivity index (χ4n) is 3.49.